The molecule has 0 saturated heterocycles. The van der Waals surface area contributed by atoms with E-state index in [4.69, 9.17) is 17.3 Å². The highest BCUT2D eigenvalue weighted by Gasteiger charge is 2.60. The highest BCUT2D eigenvalue weighted by Crippen LogP contribution is 2.52. The number of urea groups is 1. The topological polar surface area (TPSA) is 67.1 Å². The van der Waals surface area contributed by atoms with Crippen LogP contribution >= 0.6 is 11.6 Å². The van der Waals surface area contributed by atoms with Crippen LogP contribution < -0.4 is 16.4 Å². The molecule has 1 saturated carbocycles. The number of hydrogen-bond acceptors (Lipinski definition) is 2. The van der Waals surface area contributed by atoms with Gasteiger partial charge in [-0.1, -0.05) is 39.3 Å². The molecule has 0 aromatic heterocycles. The van der Waals surface area contributed by atoms with Crippen LogP contribution in [0, 0.1) is 10.8 Å². The number of nitrogens with one attached hydrogen (secondary N) is 2. The van der Waals surface area contributed by atoms with Gasteiger partial charge in [-0.2, -0.15) is 0 Å². The molecule has 0 bridgehead atoms. The zero-order valence-corrected chi connectivity index (χ0v) is 13.1. The minimum atomic E-state index is -0.217. The Bertz CT molecular complexity index is 494. The summed E-state index contributed by atoms with van der Waals surface area (Å²) in [4.78, 5) is 12.1. The van der Waals surface area contributed by atoms with E-state index in [9.17, 15) is 4.79 Å². The largest absolute Gasteiger partial charge is 0.334 e. The van der Waals surface area contributed by atoms with E-state index in [0.717, 1.165) is 0 Å². The van der Waals surface area contributed by atoms with Crippen molar-refractivity contribution in [3.8, 4) is 0 Å². The first-order valence-corrected chi connectivity index (χ1v) is 7.12. The summed E-state index contributed by atoms with van der Waals surface area (Å²) in [5.41, 5.74) is 6.68. The Morgan fingerprint density at radius 3 is 2.15 bits per heavy atom. The van der Waals surface area contributed by atoms with Crippen LogP contribution in [0.4, 0.5) is 10.5 Å². The van der Waals surface area contributed by atoms with Crippen LogP contribution in [-0.4, -0.2) is 18.1 Å². The molecule has 4 N–H and O–H groups in total. The lowest BCUT2D eigenvalue weighted by molar-refractivity contribution is -0.0638. The van der Waals surface area contributed by atoms with Gasteiger partial charge in [0, 0.05) is 33.6 Å². The summed E-state index contributed by atoms with van der Waals surface area (Å²) in [5.74, 6) is 0. The summed E-state index contributed by atoms with van der Waals surface area (Å²) >= 11 is 5.81. The summed E-state index contributed by atoms with van der Waals surface area (Å²) in [6.45, 7) is 8.32. The average molecular weight is 296 g/mol. The first kappa shape index (κ1) is 15.1. The van der Waals surface area contributed by atoms with E-state index in [2.05, 4.69) is 38.3 Å². The van der Waals surface area contributed by atoms with Gasteiger partial charge < -0.3 is 16.4 Å². The van der Waals surface area contributed by atoms with E-state index in [1.165, 1.54) is 0 Å². The third-order valence-corrected chi connectivity index (χ3v) is 4.72. The van der Waals surface area contributed by atoms with Crippen molar-refractivity contribution in [2.75, 3.05) is 5.32 Å². The second kappa shape index (κ2) is 4.93. The van der Waals surface area contributed by atoms with Crippen LogP contribution in [0.1, 0.15) is 27.7 Å². The Morgan fingerprint density at radius 2 is 1.65 bits per heavy atom. The fourth-order valence-electron chi connectivity index (χ4n) is 3.38. The number of nitrogens with two attached hydrogens (primary N) is 1. The number of carbonyl (C=O) groups is 1. The molecule has 1 aliphatic rings. The second-order valence-electron chi connectivity index (χ2n) is 6.66. The van der Waals surface area contributed by atoms with E-state index in [1.54, 1.807) is 24.3 Å². The number of anilines is 1. The molecule has 0 atom stereocenters. The summed E-state index contributed by atoms with van der Waals surface area (Å²) in [5, 5.41) is 6.48. The molecule has 1 aromatic rings. The summed E-state index contributed by atoms with van der Waals surface area (Å²) in [6.07, 6.45) is 0. The zero-order chi connectivity index (χ0) is 15.1. The van der Waals surface area contributed by atoms with E-state index in [0.29, 0.717) is 10.7 Å². The molecular formula is C15H22ClN3O. The van der Waals surface area contributed by atoms with Crippen LogP contribution in [0.3, 0.4) is 0 Å². The standard InChI is InChI=1S/C15H22ClN3O/c1-14(2)11(17)15(3,4)12(14)19-13(20)18-10-7-5-9(16)6-8-10/h5-8,11-12H,17H2,1-4H3,(H2,18,19,20). The molecule has 110 valence electrons. The molecule has 1 aromatic carbocycles. The van der Waals surface area contributed by atoms with Crippen LogP contribution in [-0.2, 0) is 0 Å². The molecule has 2 amide bonds. The number of amides is 2. The normalized spacial score (nSPS) is 26.5. The maximum absolute atomic E-state index is 12.1. The zero-order valence-electron chi connectivity index (χ0n) is 12.3. The van der Waals surface area contributed by atoms with Gasteiger partial charge in [-0.15, -0.1) is 0 Å². The Balaban J connectivity index is 2.00. The maximum atomic E-state index is 12.1. The molecule has 5 heteroatoms. The van der Waals surface area contributed by atoms with Crippen LogP contribution in [0.5, 0.6) is 0 Å². The molecule has 2 rings (SSSR count). The number of halogens is 1. The molecule has 4 nitrogen and oxygen atoms in total. The summed E-state index contributed by atoms with van der Waals surface area (Å²) in [7, 11) is 0. The molecule has 20 heavy (non-hydrogen) atoms. The minimum Gasteiger partial charge on any atom is -0.334 e. The predicted octanol–water partition coefficient (Wildman–Crippen LogP) is 3.22. The molecule has 0 unspecified atom stereocenters. The molecule has 0 spiro atoms. The van der Waals surface area contributed by atoms with Gasteiger partial charge in [-0.3, -0.25) is 0 Å². The SMILES string of the molecule is CC1(C)C(N)C(C)(C)C1NC(=O)Nc1ccc(Cl)cc1. The second-order valence-corrected chi connectivity index (χ2v) is 7.10. The van der Waals surface area contributed by atoms with Crippen molar-refractivity contribution < 1.29 is 4.79 Å². The van der Waals surface area contributed by atoms with Gasteiger partial charge in [0.1, 0.15) is 0 Å². The van der Waals surface area contributed by atoms with Gasteiger partial charge in [0.2, 0.25) is 0 Å². The lowest BCUT2D eigenvalue weighted by Gasteiger charge is -2.62. The van der Waals surface area contributed by atoms with Crippen LogP contribution in [0.2, 0.25) is 5.02 Å². The van der Waals surface area contributed by atoms with Gasteiger partial charge in [0.25, 0.3) is 0 Å². The van der Waals surface area contributed by atoms with E-state index < -0.39 is 0 Å². The monoisotopic (exact) mass is 295 g/mol. The molecule has 0 radical (unpaired) electrons. The number of rotatable bonds is 2. The predicted molar refractivity (Wildman–Crippen MR) is 82.9 cm³/mol. The van der Waals surface area contributed by atoms with Crippen LogP contribution in [0.15, 0.2) is 24.3 Å². The van der Waals surface area contributed by atoms with Crippen molar-refractivity contribution in [2.45, 2.75) is 39.8 Å². The van der Waals surface area contributed by atoms with Crippen molar-refractivity contribution in [3.63, 3.8) is 0 Å². The Morgan fingerprint density at radius 1 is 1.15 bits per heavy atom. The third kappa shape index (κ3) is 2.50. The van der Waals surface area contributed by atoms with Gasteiger partial charge in [-0.25, -0.2) is 4.79 Å². The van der Waals surface area contributed by atoms with Crippen LogP contribution in [0.25, 0.3) is 0 Å². The van der Waals surface area contributed by atoms with Gasteiger partial charge in [0.15, 0.2) is 0 Å². The van der Waals surface area contributed by atoms with Crippen molar-refractivity contribution in [3.05, 3.63) is 29.3 Å². The Labute approximate surface area is 125 Å². The van der Waals surface area contributed by atoms with Crippen molar-refractivity contribution in [1.82, 2.24) is 5.32 Å². The first-order valence-electron chi connectivity index (χ1n) is 6.74. The highest BCUT2D eigenvalue weighted by molar-refractivity contribution is 6.30. The Kier molecular flexibility index (Phi) is 3.73. The Hall–Kier alpha value is -1.26. The fourth-order valence-corrected chi connectivity index (χ4v) is 3.51. The molecule has 0 aliphatic heterocycles. The lowest BCUT2D eigenvalue weighted by atomic mass is 9.48. The number of benzene rings is 1. The number of hydrogen-bond donors (Lipinski definition) is 3. The summed E-state index contributed by atoms with van der Waals surface area (Å²) in [6, 6.07) is 6.91. The van der Waals surface area contributed by atoms with Gasteiger partial charge >= 0.3 is 6.03 Å². The van der Waals surface area contributed by atoms with E-state index in [1.807, 2.05) is 0 Å². The molecular weight excluding hydrogens is 274 g/mol. The van der Waals surface area contributed by atoms with E-state index in [-0.39, 0.29) is 28.9 Å². The van der Waals surface area contributed by atoms with Gasteiger partial charge in [0.05, 0.1) is 0 Å². The van der Waals surface area contributed by atoms with E-state index >= 15 is 0 Å². The van der Waals surface area contributed by atoms with Crippen molar-refractivity contribution in [1.29, 1.82) is 0 Å². The smallest absolute Gasteiger partial charge is 0.319 e. The number of carbonyl (C=O) groups excluding carboxylic acids is 1. The van der Waals surface area contributed by atoms with Crippen molar-refractivity contribution >= 4 is 23.3 Å². The third-order valence-electron chi connectivity index (χ3n) is 4.47. The van der Waals surface area contributed by atoms with Gasteiger partial charge in [-0.05, 0) is 24.3 Å². The molecule has 1 fully saturated rings. The minimum absolute atomic E-state index is 0.0392. The highest BCUT2D eigenvalue weighted by atomic mass is 35.5. The average Bonchev–Trinajstić information content (AvgIpc) is 2.37. The fraction of sp³-hybridized carbons (Fsp3) is 0.533. The lowest BCUT2D eigenvalue weighted by Crippen LogP contribution is -2.76. The molecule has 1 aliphatic carbocycles. The quantitative estimate of drug-likeness (QED) is 0.784. The van der Waals surface area contributed by atoms with Crippen molar-refractivity contribution in [2.24, 2.45) is 16.6 Å². The summed E-state index contributed by atoms with van der Waals surface area (Å²) < 4.78 is 0. The first-order chi connectivity index (χ1) is 9.15. The molecule has 0 heterocycles. The maximum Gasteiger partial charge on any atom is 0.319 e.